The fourth-order valence-corrected chi connectivity index (χ4v) is 1.58. The monoisotopic (exact) mass is 281 g/mol. The highest BCUT2D eigenvalue weighted by Gasteiger charge is 2.24. The molecular weight excluding hydrogens is 266 g/mol. The van der Waals surface area contributed by atoms with Crippen LogP contribution in [-0.2, 0) is 16.0 Å². The molecule has 0 radical (unpaired) electrons. The number of nitrogens with zero attached hydrogens (tertiary/aromatic N) is 2. The maximum atomic E-state index is 12.0. The molecule has 1 amide bonds. The van der Waals surface area contributed by atoms with Crippen molar-refractivity contribution in [1.29, 1.82) is 0 Å². The molecule has 8 nitrogen and oxygen atoms in total. The number of rotatable bonds is 6. The molecule has 20 heavy (non-hydrogen) atoms. The standard InChI is InChI=1S/C12H15N3O5/c1-3-8-7(4-6(2)14-15-8)11(18)13-9(12(19)20)5-10(16)17/h4,9H,3,5H2,1-2H3,(H,13,18)(H,16,17)(H,19,20)/t9-/m1/s1. The Morgan fingerprint density at radius 1 is 1.30 bits per heavy atom. The summed E-state index contributed by atoms with van der Waals surface area (Å²) in [6.45, 7) is 3.43. The summed E-state index contributed by atoms with van der Waals surface area (Å²) in [5.41, 5.74) is 1.14. The molecule has 0 bridgehead atoms. The fraction of sp³-hybridized carbons (Fsp3) is 0.417. The van der Waals surface area contributed by atoms with E-state index < -0.39 is 30.3 Å². The second-order valence-corrected chi connectivity index (χ2v) is 4.16. The molecule has 1 rings (SSSR count). The van der Waals surface area contributed by atoms with Crippen molar-refractivity contribution in [3.63, 3.8) is 0 Å². The zero-order valence-electron chi connectivity index (χ0n) is 11.1. The van der Waals surface area contributed by atoms with Gasteiger partial charge in [-0.1, -0.05) is 6.92 Å². The van der Waals surface area contributed by atoms with Crippen LogP contribution in [-0.4, -0.2) is 44.3 Å². The van der Waals surface area contributed by atoms with E-state index >= 15 is 0 Å². The summed E-state index contributed by atoms with van der Waals surface area (Å²) >= 11 is 0. The highest BCUT2D eigenvalue weighted by atomic mass is 16.4. The average molecular weight is 281 g/mol. The molecule has 0 saturated carbocycles. The van der Waals surface area contributed by atoms with Crippen molar-refractivity contribution in [3.05, 3.63) is 23.0 Å². The topological polar surface area (TPSA) is 129 Å². The molecule has 1 heterocycles. The summed E-state index contributed by atoms with van der Waals surface area (Å²) < 4.78 is 0. The van der Waals surface area contributed by atoms with E-state index in [4.69, 9.17) is 10.2 Å². The van der Waals surface area contributed by atoms with Crippen LogP contribution in [0.15, 0.2) is 6.07 Å². The minimum absolute atomic E-state index is 0.205. The van der Waals surface area contributed by atoms with Gasteiger partial charge in [-0.15, -0.1) is 0 Å². The first-order valence-electron chi connectivity index (χ1n) is 5.93. The van der Waals surface area contributed by atoms with E-state index in [2.05, 4.69) is 15.5 Å². The van der Waals surface area contributed by atoms with Crippen molar-refractivity contribution in [1.82, 2.24) is 15.5 Å². The molecule has 3 N–H and O–H groups in total. The van der Waals surface area contributed by atoms with E-state index in [1.807, 2.05) is 0 Å². The zero-order valence-corrected chi connectivity index (χ0v) is 11.1. The predicted octanol–water partition coefficient (Wildman–Crippen LogP) is 0.00512. The molecule has 0 unspecified atom stereocenters. The molecule has 1 aromatic heterocycles. The van der Waals surface area contributed by atoms with Crippen LogP contribution in [0.1, 0.15) is 35.1 Å². The maximum Gasteiger partial charge on any atom is 0.326 e. The fourth-order valence-electron chi connectivity index (χ4n) is 1.58. The summed E-state index contributed by atoms with van der Waals surface area (Å²) in [6.07, 6.45) is -0.243. The molecule has 0 spiro atoms. The van der Waals surface area contributed by atoms with Gasteiger partial charge >= 0.3 is 11.9 Å². The molecule has 0 aliphatic carbocycles. The molecule has 108 valence electrons. The Hall–Kier alpha value is -2.51. The van der Waals surface area contributed by atoms with Crippen LogP contribution in [0.2, 0.25) is 0 Å². The van der Waals surface area contributed by atoms with Crippen LogP contribution in [0.25, 0.3) is 0 Å². The zero-order chi connectivity index (χ0) is 15.3. The molecule has 1 aromatic rings. The first-order valence-corrected chi connectivity index (χ1v) is 5.93. The summed E-state index contributed by atoms with van der Waals surface area (Å²) in [4.78, 5) is 33.5. The largest absolute Gasteiger partial charge is 0.481 e. The van der Waals surface area contributed by atoms with E-state index in [-0.39, 0.29) is 5.56 Å². The van der Waals surface area contributed by atoms with Gasteiger partial charge in [0.2, 0.25) is 0 Å². The lowest BCUT2D eigenvalue weighted by atomic mass is 10.1. The second kappa shape index (κ2) is 6.60. The lowest BCUT2D eigenvalue weighted by molar-refractivity contribution is -0.145. The van der Waals surface area contributed by atoms with Crippen LogP contribution in [0.4, 0.5) is 0 Å². The number of carbonyl (C=O) groups is 3. The highest BCUT2D eigenvalue weighted by Crippen LogP contribution is 2.08. The molecular formula is C12H15N3O5. The van der Waals surface area contributed by atoms with Crippen LogP contribution >= 0.6 is 0 Å². The second-order valence-electron chi connectivity index (χ2n) is 4.16. The summed E-state index contributed by atoms with van der Waals surface area (Å²) in [5, 5.41) is 27.4. The Morgan fingerprint density at radius 3 is 2.45 bits per heavy atom. The lowest BCUT2D eigenvalue weighted by Crippen LogP contribution is -2.42. The first kappa shape index (κ1) is 15.5. The summed E-state index contributed by atoms with van der Waals surface area (Å²) in [5.74, 6) is -3.39. The molecule has 0 aliphatic rings. The number of amides is 1. The normalized spacial score (nSPS) is 11.7. The van der Waals surface area contributed by atoms with Gasteiger partial charge in [-0.25, -0.2) is 4.79 Å². The Kier molecular flexibility index (Phi) is 5.13. The number of carboxylic acid groups (broad SMARTS) is 2. The van der Waals surface area contributed by atoms with Crippen LogP contribution < -0.4 is 5.32 Å². The van der Waals surface area contributed by atoms with Crippen LogP contribution in [0.3, 0.4) is 0 Å². The van der Waals surface area contributed by atoms with Gasteiger partial charge in [-0.3, -0.25) is 9.59 Å². The van der Waals surface area contributed by atoms with Crippen LogP contribution in [0.5, 0.6) is 0 Å². The van der Waals surface area contributed by atoms with Gasteiger partial charge in [0.05, 0.1) is 23.4 Å². The van der Waals surface area contributed by atoms with Gasteiger partial charge in [0.25, 0.3) is 5.91 Å². The number of nitrogens with one attached hydrogen (secondary N) is 1. The number of hydrogen-bond acceptors (Lipinski definition) is 5. The number of aliphatic carboxylic acids is 2. The third-order valence-electron chi connectivity index (χ3n) is 2.55. The number of carbonyl (C=O) groups excluding carboxylic acids is 1. The van der Waals surface area contributed by atoms with E-state index in [0.717, 1.165) is 0 Å². The van der Waals surface area contributed by atoms with E-state index in [9.17, 15) is 14.4 Å². The van der Waals surface area contributed by atoms with Crippen molar-refractivity contribution >= 4 is 17.8 Å². The Bertz CT molecular complexity index is 544. The average Bonchev–Trinajstić information content (AvgIpc) is 2.37. The maximum absolute atomic E-state index is 12.0. The Morgan fingerprint density at radius 2 is 1.95 bits per heavy atom. The number of aromatic nitrogens is 2. The van der Waals surface area contributed by atoms with Crippen molar-refractivity contribution in [2.75, 3.05) is 0 Å². The number of hydrogen-bond donors (Lipinski definition) is 3. The summed E-state index contributed by atoms with van der Waals surface area (Å²) in [6, 6.07) is -0.000850. The molecule has 0 fully saturated rings. The smallest absolute Gasteiger partial charge is 0.326 e. The van der Waals surface area contributed by atoms with E-state index in [1.165, 1.54) is 6.07 Å². The van der Waals surface area contributed by atoms with Crippen molar-refractivity contribution in [3.8, 4) is 0 Å². The van der Waals surface area contributed by atoms with Crippen LogP contribution in [0, 0.1) is 6.92 Å². The van der Waals surface area contributed by atoms with E-state index in [0.29, 0.717) is 17.8 Å². The number of carboxylic acids is 2. The van der Waals surface area contributed by atoms with Gasteiger partial charge < -0.3 is 15.5 Å². The SMILES string of the molecule is CCc1nnc(C)cc1C(=O)N[C@H](CC(=O)O)C(=O)O. The molecule has 0 aliphatic heterocycles. The van der Waals surface area contributed by atoms with Gasteiger partial charge in [-0.05, 0) is 19.4 Å². The minimum atomic E-state index is -1.49. The van der Waals surface area contributed by atoms with Crippen molar-refractivity contribution < 1.29 is 24.6 Å². The predicted molar refractivity (Wildman–Crippen MR) is 67.3 cm³/mol. The van der Waals surface area contributed by atoms with Gasteiger partial charge in [-0.2, -0.15) is 10.2 Å². The quantitative estimate of drug-likeness (QED) is 0.669. The third kappa shape index (κ3) is 4.01. The van der Waals surface area contributed by atoms with Crippen molar-refractivity contribution in [2.45, 2.75) is 32.7 Å². The Labute approximate surface area is 114 Å². The summed E-state index contributed by atoms with van der Waals surface area (Å²) in [7, 11) is 0. The Balaban J connectivity index is 2.96. The number of aryl methyl sites for hydroxylation is 2. The molecule has 0 aromatic carbocycles. The van der Waals surface area contributed by atoms with E-state index in [1.54, 1.807) is 13.8 Å². The van der Waals surface area contributed by atoms with Gasteiger partial charge in [0.1, 0.15) is 6.04 Å². The minimum Gasteiger partial charge on any atom is -0.481 e. The van der Waals surface area contributed by atoms with Gasteiger partial charge in [0.15, 0.2) is 0 Å². The van der Waals surface area contributed by atoms with Crippen molar-refractivity contribution in [2.24, 2.45) is 0 Å². The highest BCUT2D eigenvalue weighted by molar-refractivity contribution is 5.98. The molecule has 1 atom stereocenters. The molecule has 8 heteroatoms. The van der Waals surface area contributed by atoms with Gasteiger partial charge in [0, 0.05) is 0 Å². The molecule has 0 saturated heterocycles. The first-order chi connectivity index (χ1) is 9.35. The third-order valence-corrected chi connectivity index (χ3v) is 2.55. The lowest BCUT2D eigenvalue weighted by Gasteiger charge is -2.13.